The number of aliphatic hydroxyl groups is 1. The van der Waals surface area contributed by atoms with Crippen LogP contribution >= 0.6 is 11.6 Å². The summed E-state index contributed by atoms with van der Waals surface area (Å²) in [5, 5.41) is 18.4. The Morgan fingerprint density at radius 3 is 2.89 bits per heavy atom. The minimum atomic E-state index is -0.982. The van der Waals surface area contributed by atoms with Crippen molar-refractivity contribution in [3.8, 4) is 0 Å². The molecule has 0 amide bonds. The van der Waals surface area contributed by atoms with E-state index >= 15 is 0 Å². The quantitative estimate of drug-likeness (QED) is 0.704. The first-order valence-corrected chi connectivity index (χ1v) is 6.54. The summed E-state index contributed by atoms with van der Waals surface area (Å²) < 4.78 is 6.68. The van der Waals surface area contributed by atoms with E-state index in [-0.39, 0.29) is 0 Å². The molecule has 0 saturated heterocycles. The third kappa shape index (κ3) is 3.95. The molecule has 1 unspecified atom stereocenters. The third-order valence-corrected chi connectivity index (χ3v) is 3.15. The van der Waals surface area contributed by atoms with Crippen molar-refractivity contribution >= 4 is 11.6 Å². The number of hydrogen-bond acceptors (Lipinski definition) is 4. The lowest BCUT2D eigenvalue weighted by Crippen LogP contribution is -2.31. The summed E-state index contributed by atoms with van der Waals surface area (Å²) in [7, 11) is 1.66. The van der Waals surface area contributed by atoms with Gasteiger partial charge in [-0.25, -0.2) is 0 Å². The molecule has 6 heteroatoms. The molecule has 0 fully saturated rings. The van der Waals surface area contributed by atoms with Gasteiger partial charge in [-0.3, -0.25) is 4.68 Å². The zero-order valence-corrected chi connectivity index (χ0v) is 12.0. The topological polar surface area (TPSA) is 59.3 Å². The average molecular weight is 276 g/mol. The number of ether oxygens (including phenoxy) is 1. The normalized spacial score (nSPS) is 14.7. The summed E-state index contributed by atoms with van der Waals surface area (Å²) in [5.74, 6) is 0. The Kier molecular flexibility index (Phi) is 6.08. The number of nitrogens with zero attached hydrogens (tertiary/aromatic N) is 2. The predicted molar refractivity (Wildman–Crippen MR) is 71.8 cm³/mol. The zero-order valence-electron chi connectivity index (χ0n) is 11.2. The minimum absolute atomic E-state index is 0.513. The Balaban J connectivity index is 2.59. The molecule has 2 N–H and O–H groups in total. The third-order valence-electron chi connectivity index (χ3n) is 2.88. The van der Waals surface area contributed by atoms with Crippen LogP contribution < -0.4 is 5.32 Å². The highest BCUT2D eigenvalue weighted by Crippen LogP contribution is 2.30. The van der Waals surface area contributed by atoms with Gasteiger partial charge in [0, 0.05) is 20.2 Å². The fourth-order valence-corrected chi connectivity index (χ4v) is 2.23. The lowest BCUT2D eigenvalue weighted by molar-refractivity contribution is 0.0384. The van der Waals surface area contributed by atoms with Crippen molar-refractivity contribution in [1.29, 1.82) is 0 Å². The first-order chi connectivity index (χ1) is 8.53. The van der Waals surface area contributed by atoms with Gasteiger partial charge in [-0.05, 0) is 26.8 Å². The smallest absolute Gasteiger partial charge is 0.106 e. The Morgan fingerprint density at radius 1 is 1.56 bits per heavy atom. The van der Waals surface area contributed by atoms with Crippen LogP contribution in [0.25, 0.3) is 0 Å². The molecule has 0 aliphatic carbocycles. The number of hydrogen-bond donors (Lipinski definition) is 2. The van der Waals surface area contributed by atoms with E-state index in [0.29, 0.717) is 36.8 Å². The Labute approximate surface area is 113 Å². The molecule has 0 aromatic carbocycles. The van der Waals surface area contributed by atoms with Crippen LogP contribution in [0.2, 0.25) is 5.02 Å². The van der Waals surface area contributed by atoms with Crippen molar-refractivity contribution in [2.24, 2.45) is 0 Å². The molecule has 18 heavy (non-hydrogen) atoms. The summed E-state index contributed by atoms with van der Waals surface area (Å²) >= 11 is 6.09. The van der Waals surface area contributed by atoms with Crippen molar-refractivity contribution in [2.75, 3.05) is 26.8 Å². The van der Waals surface area contributed by atoms with Crippen LogP contribution in [-0.4, -0.2) is 41.7 Å². The number of rotatable bonds is 8. The minimum Gasteiger partial charge on any atom is -0.384 e. The SMILES string of the molecule is CCn1ncc(Cl)c1C(C)(O)CCNCCOC. The van der Waals surface area contributed by atoms with Crippen molar-refractivity contribution in [1.82, 2.24) is 15.1 Å². The van der Waals surface area contributed by atoms with Gasteiger partial charge < -0.3 is 15.2 Å². The van der Waals surface area contributed by atoms with Gasteiger partial charge in [0.1, 0.15) is 5.60 Å². The van der Waals surface area contributed by atoms with Crippen LogP contribution in [-0.2, 0) is 16.9 Å². The van der Waals surface area contributed by atoms with Crippen LogP contribution in [0.4, 0.5) is 0 Å². The number of aromatic nitrogens is 2. The predicted octanol–water partition coefficient (Wildman–Crippen LogP) is 1.39. The first kappa shape index (κ1) is 15.4. The second-order valence-corrected chi connectivity index (χ2v) is 4.83. The van der Waals surface area contributed by atoms with E-state index in [9.17, 15) is 5.11 Å². The van der Waals surface area contributed by atoms with E-state index in [1.165, 1.54) is 0 Å². The molecular weight excluding hydrogens is 254 g/mol. The summed E-state index contributed by atoms with van der Waals surface area (Å²) in [5.41, 5.74) is -0.302. The maximum atomic E-state index is 10.5. The van der Waals surface area contributed by atoms with E-state index in [4.69, 9.17) is 16.3 Å². The number of methoxy groups -OCH3 is 1. The molecule has 0 aliphatic rings. The molecule has 0 radical (unpaired) electrons. The van der Waals surface area contributed by atoms with E-state index < -0.39 is 5.60 Å². The van der Waals surface area contributed by atoms with Gasteiger partial charge in [0.25, 0.3) is 0 Å². The number of halogens is 1. The van der Waals surface area contributed by atoms with E-state index in [2.05, 4.69) is 10.4 Å². The molecule has 0 aliphatic heterocycles. The largest absolute Gasteiger partial charge is 0.384 e. The average Bonchev–Trinajstić information content (AvgIpc) is 2.71. The van der Waals surface area contributed by atoms with Crippen LogP contribution in [0.3, 0.4) is 0 Å². The number of aryl methyl sites for hydroxylation is 1. The lowest BCUT2D eigenvalue weighted by atomic mass is 9.98. The summed E-state index contributed by atoms with van der Waals surface area (Å²) in [6.45, 7) is 6.56. The molecular formula is C12H22ClN3O2. The van der Waals surface area contributed by atoms with Crippen LogP contribution in [0.15, 0.2) is 6.20 Å². The highest BCUT2D eigenvalue weighted by Gasteiger charge is 2.29. The Hall–Kier alpha value is -0.620. The van der Waals surface area contributed by atoms with Crippen molar-refractivity contribution in [2.45, 2.75) is 32.4 Å². The highest BCUT2D eigenvalue weighted by molar-refractivity contribution is 6.31. The standard InChI is InChI=1S/C12H22ClN3O2/c1-4-16-11(10(13)9-15-16)12(2,17)5-6-14-7-8-18-3/h9,14,17H,4-8H2,1-3H3. The highest BCUT2D eigenvalue weighted by atomic mass is 35.5. The van der Waals surface area contributed by atoms with Crippen molar-refractivity contribution in [3.05, 3.63) is 16.9 Å². The summed E-state index contributed by atoms with van der Waals surface area (Å²) in [6, 6.07) is 0. The van der Waals surface area contributed by atoms with Gasteiger partial charge >= 0.3 is 0 Å². The molecule has 1 aromatic heterocycles. The van der Waals surface area contributed by atoms with Gasteiger partial charge in [0.2, 0.25) is 0 Å². The summed E-state index contributed by atoms with van der Waals surface area (Å²) in [6.07, 6.45) is 2.15. The molecule has 5 nitrogen and oxygen atoms in total. The summed E-state index contributed by atoms with van der Waals surface area (Å²) in [4.78, 5) is 0. The molecule has 0 spiro atoms. The maximum Gasteiger partial charge on any atom is 0.106 e. The van der Waals surface area contributed by atoms with Gasteiger partial charge in [0.15, 0.2) is 0 Å². The molecule has 1 heterocycles. The lowest BCUT2D eigenvalue weighted by Gasteiger charge is -2.25. The monoisotopic (exact) mass is 275 g/mol. The molecule has 0 saturated carbocycles. The molecule has 1 aromatic rings. The van der Waals surface area contributed by atoms with Crippen LogP contribution in [0.1, 0.15) is 26.0 Å². The molecule has 104 valence electrons. The van der Waals surface area contributed by atoms with Gasteiger partial charge in [0.05, 0.1) is 23.5 Å². The number of nitrogens with one attached hydrogen (secondary N) is 1. The molecule has 0 bridgehead atoms. The van der Waals surface area contributed by atoms with Crippen LogP contribution in [0, 0.1) is 0 Å². The van der Waals surface area contributed by atoms with E-state index in [1.807, 2.05) is 6.92 Å². The van der Waals surface area contributed by atoms with E-state index in [0.717, 1.165) is 6.54 Å². The molecule has 1 rings (SSSR count). The Morgan fingerprint density at radius 2 is 2.28 bits per heavy atom. The van der Waals surface area contributed by atoms with Crippen molar-refractivity contribution < 1.29 is 9.84 Å². The molecule has 1 atom stereocenters. The van der Waals surface area contributed by atoms with E-state index in [1.54, 1.807) is 24.9 Å². The van der Waals surface area contributed by atoms with Crippen LogP contribution in [0.5, 0.6) is 0 Å². The van der Waals surface area contributed by atoms with Crippen molar-refractivity contribution in [3.63, 3.8) is 0 Å². The maximum absolute atomic E-state index is 10.5. The first-order valence-electron chi connectivity index (χ1n) is 6.16. The second-order valence-electron chi connectivity index (χ2n) is 4.42. The van der Waals surface area contributed by atoms with Gasteiger partial charge in [-0.1, -0.05) is 11.6 Å². The Bertz CT molecular complexity index is 366. The zero-order chi connectivity index (χ0) is 13.6. The van der Waals surface area contributed by atoms with Gasteiger partial charge in [-0.15, -0.1) is 0 Å². The second kappa shape index (κ2) is 7.09. The fourth-order valence-electron chi connectivity index (χ4n) is 1.89. The fraction of sp³-hybridized carbons (Fsp3) is 0.750. The van der Waals surface area contributed by atoms with Gasteiger partial charge in [-0.2, -0.15) is 5.10 Å².